The van der Waals surface area contributed by atoms with E-state index in [0.717, 1.165) is 11.3 Å². The molecule has 0 bridgehead atoms. The minimum atomic E-state index is -0.216. The highest BCUT2D eigenvalue weighted by molar-refractivity contribution is 6.02. The molecule has 2 aromatic rings. The van der Waals surface area contributed by atoms with Crippen molar-refractivity contribution in [3.63, 3.8) is 0 Å². The van der Waals surface area contributed by atoms with Gasteiger partial charge in [-0.1, -0.05) is 26.8 Å². The van der Waals surface area contributed by atoms with Crippen molar-refractivity contribution >= 4 is 17.5 Å². The molecule has 0 fully saturated rings. The van der Waals surface area contributed by atoms with Gasteiger partial charge < -0.3 is 10.1 Å². The summed E-state index contributed by atoms with van der Waals surface area (Å²) >= 11 is 0. The zero-order valence-electron chi connectivity index (χ0n) is 16.3. The standard InChI is InChI=1S/C20H26N4O3/c1-14-7-9-23(22-14)10-8-21-18(25)12-24-16-11-15(20(2,3)4)5-6-17(16)27-13-19(24)26/h5-7,9,11H,8,10,12-13H2,1-4H3,(H,21,25). The molecule has 3 rings (SSSR count). The van der Waals surface area contributed by atoms with Crippen LogP contribution in [0.2, 0.25) is 0 Å². The van der Waals surface area contributed by atoms with Gasteiger partial charge in [-0.25, -0.2) is 0 Å². The number of ether oxygens (including phenoxy) is 1. The number of benzene rings is 1. The first-order valence-electron chi connectivity index (χ1n) is 9.08. The number of aryl methyl sites for hydroxylation is 1. The van der Waals surface area contributed by atoms with Crippen LogP contribution in [0.1, 0.15) is 32.0 Å². The molecule has 0 spiro atoms. The van der Waals surface area contributed by atoms with E-state index in [1.54, 1.807) is 4.68 Å². The summed E-state index contributed by atoms with van der Waals surface area (Å²) in [5, 5.41) is 7.13. The first kappa shape index (κ1) is 18.9. The number of rotatable bonds is 5. The maximum absolute atomic E-state index is 12.4. The second-order valence-electron chi connectivity index (χ2n) is 7.77. The number of anilines is 1. The lowest BCUT2D eigenvalue weighted by molar-refractivity contribution is -0.125. The molecule has 27 heavy (non-hydrogen) atoms. The van der Waals surface area contributed by atoms with Gasteiger partial charge in [0, 0.05) is 12.7 Å². The molecular weight excluding hydrogens is 344 g/mol. The van der Waals surface area contributed by atoms with Crippen LogP contribution in [0.5, 0.6) is 5.75 Å². The zero-order chi connectivity index (χ0) is 19.6. The average molecular weight is 370 g/mol. The van der Waals surface area contributed by atoms with E-state index in [1.807, 2.05) is 37.4 Å². The lowest BCUT2D eigenvalue weighted by atomic mass is 9.86. The number of carbonyl (C=O) groups is 2. The zero-order valence-corrected chi connectivity index (χ0v) is 16.3. The highest BCUT2D eigenvalue weighted by Crippen LogP contribution is 2.36. The van der Waals surface area contributed by atoms with E-state index in [0.29, 0.717) is 24.5 Å². The van der Waals surface area contributed by atoms with Crippen LogP contribution in [0, 0.1) is 6.92 Å². The summed E-state index contributed by atoms with van der Waals surface area (Å²) in [6.07, 6.45) is 1.87. The minimum Gasteiger partial charge on any atom is -0.482 e. The van der Waals surface area contributed by atoms with Gasteiger partial charge in [0.15, 0.2) is 6.61 Å². The average Bonchev–Trinajstić information content (AvgIpc) is 3.01. The van der Waals surface area contributed by atoms with Crippen LogP contribution in [0.15, 0.2) is 30.5 Å². The van der Waals surface area contributed by atoms with Crippen molar-refractivity contribution in [1.82, 2.24) is 15.1 Å². The molecule has 0 aliphatic carbocycles. The molecule has 2 amide bonds. The summed E-state index contributed by atoms with van der Waals surface area (Å²) in [5.41, 5.74) is 2.60. The monoisotopic (exact) mass is 370 g/mol. The number of nitrogens with zero attached hydrogens (tertiary/aromatic N) is 3. The normalized spacial score (nSPS) is 13.9. The Bertz CT molecular complexity index is 851. The predicted molar refractivity (Wildman–Crippen MR) is 103 cm³/mol. The molecular formula is C20H26N4O3. The molecule has 1 aliphatic heterocycles. The number of hydrogen-bond acceptors (Lipinski definition) is 4. The lowest BCUT2D eigenvalue weighted by Crippen LogP contribution is -2.45. The smallest absolute Gasteiger partial charge is 0.265 e. The summed E-state index contributed by atoms with van der Waals surface area (Å²) in [6, 6.07) is 7.72. The third-order valence-electron chi connectivity index (χ3n) is 4.51. The van der Waals surface area contributed by atoms with E-state index < -0.39 is 0 Å². The highest BCUT2D eigenvalue weighted by Gasteiger charge is 2.28. The van der Waals surface area contributed by atoms with Crippen molar-refractivity contribution in [2.24, 2.45) is 0 Å². The molecule has 0 saturated carbocycles. The summed E-state index contributed by atoms with van der Waals surface area (Å²) in [4.78, 5) is 26.2. The van der Waals surface area contributed by atoms with Crippen molar-refractivity contribution < 1.29 is 14.3 Å². The Morgan fingerprint density at radius 1 is 1.30 bits per heavy atom. The SMILES string of the molecule is Cc1ccn(CCNC(=O)CN2C(=O)COc3ccc(C(C)(C)C)cc32)n1. The Labute approximate surface area is 159 Å². The Kier molecular flexibility index (Phi) is 5.21. The number of amides is 2. The molecule has 1 N–H and O–H groups in total. The van der Waals surface area contributed by atoms with Crippen LogP contribution in [-0.4, -0.2) is 41.3 Å². The lowest BCUT2D eigenvalue weighted by Gasteiger charge is -2.31. The van der Waals surface area contributed by atoms with Gasteiger partial charge in [0.25, 0.3) is 5.91 Å². The molecule has 0 atom stereocenters. The van der Waals surface area contributed by atoms with Gasteiger partial charge in [-0.05, 0) is 36.1 Å². The maximum atomic E-state index is 12.4. The van der Waals surface area contributed by atoms with Crippen LogP contribution in [-0.2, 0) is 21.5 Å². The van der Waals surface area contributed by atoms with Crippen molar-refractivity contribution in [2.75, 3.05) is 24.6 Å². The maximum Gasteiger partial charge on any atom is 0.265 e. The first-order valence-corrected chi connectivity index (χ1v) is 9.08. The fourth-order valence-corrected chi connectivity index (χ4v) is 2.94. The molecule has 1 aliphatic rings. The van der Waals surface area contributed by atoms with E-state index in [-0.39, 0.29) is 30.4 Å². The third-order valence-corrected chi connectivity index (χ3v) is 4.51. The van der Waals surface area contributed by atoms with Crippen LogP contribution < -0.4 is 15.0 Å². The molecule has 0 saturated heterocycles. The van der Waals surface area contributed by atoms with Crippen LogP contribution in [0.25, 0.3) is 0 Å². The van der Waals surface area contributed by atoms with Crippen LogP contribution >= 0.6 is 0 Å². The molecule has 0 radical (unpaired) electrons. The van der Waals surface area contributed by atoms with Crippen molar-refractivity contribution in [2.45, 2.75) is 39.7 Å². The van der Waals surface area contributed by atoms with Crippen molar-refractivity contribution in [3.8, 4) is 5.75 Å². The van der Waals surface area contributed by atoms with Crippen LogP contribution in [0.3, 0.4) is 0 Å². The van der Waals surface area contributed by atoms with Crippen LogP contribution in [0.4, 0.5) is 5.69 Å². The van der Waals surface area contributed by atoms with E-state index >= 15 is 0 Å². The molecule has 1 aromatic carbocycles. The summed E-state index contributed by atoms with van der Waals surface area (Å²) < 4.78 is 7.30. The fraction of sp³-hybridized carbons (Fsp3) is 0.450. The molecule has 0 unspecified atom stereocenters. The number of nitrogens with one attached hydrogen (secondary N) is 1. The van der Waals surface area contributed by atoms with E-state index in [9.17, 15) is 9.59 Å². The summed E-state index contributed by atoms with van der Waals surface area (Å²) in [6.45, 7) is 9.19. The van der Waals surface area contributed by atoms with Gasteiger partial charge >= 0.3 is 0 Å². The quantitative estimate of drug-likeness (QED) is 0.874. The van der Waals surface area contributed by atoms with Gasteiger partial charge in [-0.15, -0.1) is 0 Å². The Hall–Kier alpha value is -2.83. The highest BCUT2D eigenvalue weighted by atomic mass is 16.5. The van der Waals surface area contributed by atoms with Gasteiger partial charge in [-0.2, -0.15) is 5.10 Å². The van der Waals surface area contributed by atoms with Gasteiger partial charge in [0.1, 0.15) is 12.3 Å². The number of carbonyl (C=O) groups excluding carboxylic acids is 2. The minimum absolute atomic E-state index is 0.0269. The second-order valence-corrected chi connectivity index (χ2v) is 7.77. The van der Waals surface area contributed by atoms with Crippen molar-refractivity contribution in [1.29, 1.82) is 0 Å². The van der Waals surface area contributed by atoms with Gasteiger partial charge in [0.05, 0.1) is 17.9 Å². The molecule has 7 heteroatoms. The number of hydrogen-bond donors (Lipinski definition) is 1. The number of fused-ring (bicyclic) bond motifs is 1. The molecule has 7 nitrogen and oxygen atoms in total. The Morgan fingerprint density at radius 2 is 2.07 bits per heavy atom. The topological polar surface area (TPSA) is 76.5 Å². The Balaban J connectivity index is 1.67. The first-order chi connectivity index (χ1) is 12.7. The fourth-order valence-electron chi connectivity index (χ4n) is 2.94. The predicted octanol–water partition coefficient (Wildman–Crippen LogP) is 2.03. The van der Waals surface area contributed by atoms with Gasteiger partial charge in [-0.3, -0.25) is 19.2 Å². The van der Waals surface area contributed by atoms with E-state index in [4.69, 9.17) is 4.74 Å². The van der Waals surface area contributed by atoms with Crippen molar-refractivity contribution in [3.05, 3.63) is 41.7 Å². The van der Waals surface area contributed by atoms with Gasteiger partial charge in [0.2, 0.25) is 5.91 Å². The number of aromatic nitrogens is 2. The molecule has 2 heterocycles. The summed E-state index contributed by atoms with van der Waals surface area (Å²) in [7, 11) is 0. The summed E-state index contributed by atoms with van der Waals surface area (Å²) in [5.74, 6) is 0.204. The molecule has 144 valence electrons. The second kappa shape index (κ2) is 7.42. The Morgan fingerprint density at radius 3 is 2.74 bits per heavy atom. The van der Waals surface area contributed by atoms with E-state index in [2.05, 4.69) is 31.2 Å². The molecule has 1 aromatic heterocycles. The van der Waals surface area contributed by atoms with E-state index in [1.165, 1.54) is 4.90 Å². The largest absolute Gasteiger partial charge is 0.482 e. The third kappa shape index (κ3) is 4.48.